The van der Waals surface area contributed by atoms with Gasteiger partial charge in [-0.05, 0) is 38.6 Å². The maximum atomic E-state index is 4.56. The van der Waals surface area contributed by atoms with Crippen LogP contribution in [0.1, 0.15) is 32.6 Å². The molecule has 140 valence electrons. The Kier molecular flexibility index (Phi) is 8.07. The number of guanidine groups is 1. The topological polar surface area (TPSA) is 34.1 Å². The van der Waals surface area contributed by atoms with Crippen LogP contribution in [-0.4, -0.2) is 86.6 Å². The second kappa shape index (κ2) is 9.57. The molecule has 1 aliphatic carbocycles. The second-order valence-electron chi connectivity index (χ2n) is 7.83. The van der Waals surface area contributed by atoms with Crippen molar-refractivity contribution < 1.29 is 0 Å². The van der Waals surface area contributed by atoms with Crippen LogP contribution >= 0.6 is 24.0 Å². The number of hydrogen-bond donors (Lipinski definition) is 1. The molecule has 0 aromatic rings. The van der Waals surface area contributed by atoms with Gasteiger partial charge in [-0.3, -0.25) is 9.89 Å². The summed E-state index contributed by atoms with van der Waals surface area (Å²) in [6, 6.07) is 0.574. The molecule has 3 unspecified atom stereocenters. The number of halogens is 1. The number of nitrogens with zero attached hydrogens (tertiary/aromatic N) is 4. The maximum Gasteiger partial charge on any atom is 0.193 e. The Bertz CT molecular complexity index is 394. The Hall–Kier alpha value is -0.0800. The predicted molar refractivity (Wildman–Crippen MR) is 112 cm³/mol. The minimum absolute atomic E-state index is 0. The van der Waals surface area contributed by atoms with Gasteiger partial charge in [-0.25, -0.2) is 0 Å². The molecule has 5 nitrogen and oxygen atoms in total. The van der Waals surface area contributed by atoms with Crippen molar-refractivity contribution in [2.45, 2.75) is 38.6 Å². The van der Waals surface area contributed by atoms with Gasteiger partial charge in [0.1, 0.15) is 0 Å². The SMILES string of the molecule is CN=C(NCC(C)N1CCN(C)CC1)N1CC2CCCCC2C1.I. The molecule has 3 rings (SSSR count). The highest BCUT2D eigenvalue weighted by molar-refractivity contribution is 14.0. The van der Waals surface area contributed by atoms with Gasteiger partial charge in [0.15, 0.2) is 5.96 Å². The first-order chi connectivity index (χ1) is 11.2. The molecule has 1 N–H and O–H groups in total. The third-order valence-electron chi connectivity index (χ3n) is 6.20. The maximum absolute atomic E-state index is 4.56. The van der Waals surface area contributed by atoms with Crippen molar-refractivity contribution in [3.63, 3.8) is 0 Å². The highest BCUT2D eigenvalue weighted by atomic mass is 127. The Morgan fingerprint density at radius 1 is 1.08 bits per heavy atom. The minimum atomic E-state index is 0. The molecule has 0 spiro atoms. The smallest absolute Gasteiger partial charge is 0.193 e. The number of nitrogens with one attached hydrogen (secondary N) is 1. The standard InChI is InChI=1S/C18H35N5.HI/c1-15(22-10-8-21(3)9-11-22)12-20-18(19-2)23-13-16-6-4-5-7-17(16)14-23;/h15-17H,4-14H2,1-3H3,(H,19,20);1H. The van der Waals surface area contributed by atoms with Crippen LogP contribution in [0, 0.1) is 11.8 Å². The molecule has 2 saturated heterocycles. The van der Waals surface area contributed by atoms with Gasteiger partial charge < -0.3 is 15.1 Å². The van der Waals surface area contributed by atoms with Crippen LogP contribution in [-0.2, 0) is 0 Å². The predicted octanol–water partition coefficient (Wildman–Crippen LogP) is 1.94. The fraction of sp³-hybridized carbons (Fsp3) is 0.944. The van der Waals surface area contributed by atoms with Crippen LogP contribution in [0.5, 0.6) is 0 Å². The van der Waals surface area contributed by atoms with Gasteiger partial charge in [-0.2, -0.15) is 0 Å². The van der Waals surface area contributed by atoms with Crippen molar-refractivity contribution in [2.24, 2.45) is 16.8 Å². The molecule has 2 heterocycles. The van der Waals surface area contributed by atoms with Gasteiger partial charge in [-0.15, -0.1) is 24.0 Å². The van der Waals surface area contributed by atoms with E-state index in [4.69, 9.17) is 0 Å². The van der Waals surface area contributed by atoms with Crippen LogP contribution in [0.25, 0.3) is 0 Å². The number of likely N-dealkylation sites (tertiary alicyclic amines) is 1. The fourth-order valence-electron chi connectivity index (χ4n) is 4.54. The van der Waals surface area contributed by atoms with Crippen molar-refractivity contribution in [3.05, 3.63) is 0 Å². The van der Waals surface area contributed by atoms with Gasteiger partial charge in [0.25, 0.3) is 0 Å². The zero-order chi connectivity index (χ0) is 16.2. The van der Waals surface area contributed by atoms with Crippen LogP contribution in [0.2, 0.25) is 0 Å². The fourth-order valence-corrected chi connectivity index (χ4v) is 4.54. The van der Waals surface area contributed by atoms with Crippen LogP contribution in [0.4, 0.5) is 0 Å². The monoisotopic (exact) mass is 449 g/mol. The summed E-state index contributed by atoms with van der Waals surface area (Å²) in [6.07, 6.45) is 5.72. The lowest BCUT2D eigenvalue weighted by atomic mass is 9.82. The van der Waals surface area contributed by atoms with Gasteiger partial charge in [0.2, 0.25) is 0 Å². The van der Waals surface area contributed by atoms with E-state index in [0.29, 0.717) is 6.04 Å². The van der Waals surface area contributed by atoms with Gasteiger partial charge in [0.05, 0.1) is 0 Å². The summed E-state index contributed by atoms with van der Waals surface area (Å²) in [7, 11) is 4.15. The molecule has 3 aliphatic rings. The van der Waals surface area contributed by atoms with E-state index in [-0.39, 0.29) is 24.0 Å². The van der Waals surface area contributed by atoms with E-state index in [1.165, 1.54) is 65.0 Å². The second-order valence-corrected chi connectivity index (χ2v) is 7.83. The Morgan fingerprint density at radius 2 is 1.67 bits per heavy atom. The molecule has 0 aromatic heterocycles. The van der Waals surface area contributed by atoms with Gasteiger partial charge in [0, 0.05) is 58.9 Å². The summed E-state index contributed by atoms with van der Waals surface area (Å²) in [4.78, 5) is 12.1. The molecule has 6 heteroatoms. The summed E-state index contributed by atoms with van der Waals surface area (Å²) in [5, 5.41) is 3.65. The van der Waals surface area contributed by atoms with Crippen molar-refractivity contribution in [1.82, 2.24) is 20.0 Å². The van der Waals surface area contributed by atoms with E-state index in [2.05, 4.69) is 39.0 Å². The van der Waals surface area contributed by atoms with Gasteiger partial charge in [-0.1, -0.05) is 12.8 Å². The Morgan fingerprint density at radius 3 is 2.21 bits per heavy atom. The van der Waals surface area contributed by atoms with E-state index in [9.17, 15) is 0 Å². The lowest BCUT2D eigenvalue weighted by Gasteiger charge is -2.37. The first-order valence-corrected chi connectivity index (χ1v) is 9.55. The summed E-state index contributed by atoms with van der Waals surface area (Å²) >= 11 is 0. The van der Waals surface area contributed by atoms with Gasteiger partial charge >= 0.3 is 0 Å². The van der Waals surface area contributed by atoms with Crippen molar-refractivity contribution in [2.75, 3.05) is 59.9 Å². The van der Waals surface area contributed by atoms with E-state index in [1.54, 1.807) is 0 Å². The number of piperazine rings is 1. The molecule has 0 aromatic carbocycles. The number of aliphatic imine (C=N–C) groups is 1. The number of hydrogen-bond acceptors (Lipinski definition) is 3. The molecule has 0 bridgehead atoms. The third kappa shape index (κ3) is 4.97. The minimum Gasteiger partial charge on any atom is -0.355 e. The van der Waals surface area contributed by atoms with Crippen LogP contribution in [0.15, 0.2) is 4.99 Å². The number of rotatable bonds is 3. The van der Waals surface area contributed by atoms with E-state index in [1.807, 2.05) is 7.05 Å². The zero-order valence-corrected chi connectivity index (χ0v) is 18.0. The molecule has 2 aliphatic heterocycles. The molecular formula is C18H36IN5. The van der Waals surface area contributed by atoms with E-state index in [0.717, 1.165) is 24.3 Å². The summed E-state index contributed by atoms with van der Waals surface area (Å²) in [5.74, 6) is 2.95. The average Bonchev–Trinajstić information content (AvgIpc) is 2.99. The molecule has 0 amide bonds. The van der Waals surface area contributed by atoms with E-state index < -0.39 is 0 Å². The molecule has 3 atom stereocenters. The Labute approximate surface area is 165 Å². The quantitative estimate of drug-likeness (QED) is 0.406. The average molecular weight is 449 g/mol. The highest BCUT2D eigenvalue weighted by Crippen LogP contribution is 2.35. The molecule has 0 radical (unpaired) electrons. The van der Waals surface area contributed by atoms with Crippen molar-refractivity contribution >= 4 is 29.9 Å². The first-order valence-electron chi connectivity index (χ1n) is 9.55. The number of fused-ring (bicyclic) bond motifs is 1. The summed E-state index contributed by atoms with van der Waals surface area (Å²) in [6.45, 7) is 10.5. The lowest BCUT2D eigenvalue weighted by Crippen LogP contribution is -2.52. The molecule has 3 fully saturated rings. The van der Waals surface area contributed by atoms with E-state index >= 15 is 0 Å². The molecule has 24 heavy (non-hydrogen) atoms. The largest absolute Gasteiger partial charge is 0.355 e. The lowest BCUT2D eigenvalue weighted by molar-refractivity contribution is 0.119. The summed E-state index contributed by atoms with van der Waals surface area (Å²) in [5.41, 5.74) is 0. The van der Waals surface area contributed by atoms with Crippen molar-refractivity contribution in [3.8, 4) is 0 Å². The van der Waals surface area contributed by atoms with Crippen molar-refractivity contribution in [1.29, 1.82) is 0 Å². The Balaban J connectivity index is 0.00000208. The number of likely N-dealkylation sites (N-methyl/N-ethyl adjacent to an activating group) is 1. The summed E-state index contributed by atoms with van der Waals surface area (Å²) < 4.78 is 0. The highest BCUT2D eigenvalue weighted by Gasteiger charge is 2.35. The molecular weight excluding hydrogens is 413 g/mol. The zero-order valence-electron chi connectivity index (χ0n) is 15.7. The third-order valence-corrected chi connectivity index (χ3v) is 6.20. The normalized spacial score (nSPS) is 30.6. The van der Waals surface area contributed by atoms with Crippen LogP contribution < -0.4 is 5.32 Å². The first kappa shape index (κ1) is 20.2. The molecule has 1 saturated carbocycles. The van der Waals surface area contributed by atoms with Crippen LogP contribution in [0.3, 0.4) is 0 Å².